The maximum absolute atomic E-state index is 13.5. The Labute approximate surface area is 159 Å². The minimum atomic E-state index is -4.36. The molecule has 0 aliphatic carbocycles. The van der Waals surface area contributed by atoms with Gasteiger partial charge in [0.1, 0.15) is 11.6 Å². The lowest BCUT2D eigenvalue weighted by Crippen LogP contribution is -2.38. The van der Waals surface area contributed by atoms with Crippen molar-refractivity contribution in [1.82, 2.24) is 19.8 Å². The second kappa shape index (κ2) is 7.14. The maximum atomic E-state index is 13.5. The van der Waals surface area contributed by atoms with E-state index in [1.807, 2.05) is 0 Å². The quantitative estimate of drug-likeness (QED) is 0.855. The summed E-state index contributed by atoms with van der Waals surface area (Å²) in [5.41, 5.74) is 0.511. The Morgan fingerprint density at radius 2 is 2.25 bits per heavy atom. The second-order valence-electron chi connectivity index (χ2n) is 7.46. The van der Waals surface area contributed by atoms with E-state index in [0.717, 1.165) is 11.1 Å². The number of carbonyl (C=O) groups excluding carboxylic acids is 1. The van der Waals surface area contributed by atoms with Gasteiger partial charge in [0.05, 0.1) is 17.9 Å². The van der Waals surface area contributed by atoms with Gasteiger partial charge in [0.25, 0.3) is 0 Å². The number of fused-ring (bicyclic) bond motifs is 1. The van der Waals surface area contributed by atoms with E-state index in [1.165, 1.54) is 6.20 Å². The Kier molecular flexibility index (Phi) is 4.80. The van der Waals surface area contributed by atoms with Gasteiger partial charge in [-0.3, -0.25) is 4.79 Å². The molecule has 0 spiro atoms. The molecule has 2 aromatic heterocycles. The molecule has 0 unspecified atom stereocenters. The summed E-state index contributed by atoms with van der Waals surface area (Å²) in [7, 11) is 0. The number of likely N-dealkylation sites (tertiary alicyclic amines) is 1. The molecule has 4 rings (SSSR count). The van der Waals surface area contributed by atoms with Crippen molar-refractivity contribution < 1.29 is 22.5 Å². The molecule has 152 valence electrons. The van der Waals surface area contributed by atoms with Crippen molar-refractivity contribution in [2.75, 3.05) is 11.9 Å². The molecule has 2 aromatic rings. The monoisotopic (exact) mass is 397 g/mol. The van der Waals surface area contributed by atoms with Gasteiger partial charge in [0.15, 0.2) is 6.04 Å². The molecule has 0 saturated carbocycles. The number of nitrogens with one attached hydrogen (secondary N) is 1. The summed E-state index contributed by atoms with van der Waals surface area (Å²) in [6.07, 6.45) is -0.710. The third kappa shape index (κ3) is 3.59. The van der Waals surface area contributed by atoms with Crippen molar-refractivity contribution in [2.45, 2.75) is 63.3 Å². The summed E-state index contributed by atoms with van der Waals surface area (Å²) in [4.78, 5) is 14.4. The average Bonchev–Trinajstić information content (AvgIpc) is 3.36. The molecule has 10 heteroatoms. The van der Waals surface area contributed by atoms with E-state index in [4.69, 9.17) is 4.52 Å². The SMILES string of the molecule is C[C@@H]1C[C@H](C(F)(F)F)n2nc([C@@H]3CCCN3C(=O)CCc3ccno3)cc2N1. The Bertz CT molecular complexity index is 833. The smallest absolute Gasteiger partial charge is 0.368 e. The molecule has 1 N–H and O–H groups in total. The van der Waals surface area contributed by atoms with Gasteiger partial charge in [0.2, 0.25) is 5.91 Å². The zero-order valence-electron chi connectivity index (χ0n) is 15.4. The molecule has 7 nitrogen and oxygen atoms in total. The lowest BCUT2D eigenvalue weighted by molar-refractivity contribution is -0.173. The van der Waals surface area contributed by atoms with Gasteiger partial charge in [-0.1, -0.05) is 5.16 Å². The second-order valence-corrected chi connectivity index (χ2v) is 7.46. The van der Waals surface area contributed by atoms with Crippen molar-refractivity contribution in [3.8, 4) is 0 Å². The highest BCUT2D eigenvalue weighted by Gasteiger charge is 2.46. The normalized spacial score (nSPS) is 24.9. The van der Waals surface area contributed by atoms with Crippen molar-refractivity contribution >= 4 is 11.7 Å². The first-order valence-corrected chi connectivity index (χ1v) is 9.44. The fourth-order valence-electron chi connectivity index (χ4n) is 4.06. The lowest BCUT2D eigenvalue weighted by atomic mass is 10.1. The number of alkyl halides is 3. The van der Waals surface area contributed by atoms with Crippen LogP contribution in [0.2, 0.25) is 0 Å². The largest absolute Gasteiger partial charge is 0.410 e. The van der Waals surface area contributed by atoms with Crippen LogP contribution in [0, 0.1) is 0 Å². The van der Waals surface area contributed by atoms with E-state index >= 15 is 0 Å². The van der Waals surface area contributed by atoms with Crippen LogP contribution in [0.3, 0.4) is 0 Å². The van der Waals surface area contributed by atoms with E-state index in [2.05, 4.69) is 15.6 Å². The van der Waals surface area contributed by atoms with Gasteiger partial charge in [0, 0.05) is 37.6 Å². The molecule has 2 aliphatic heterocycles. The Morgan fingerprint density at radius 1 is 1.43 bits per heavy atom. The molecule has 0 aromatic carbocycles. The summed E-state index contributed by atoms with van der Waals surface area (Å²) in [5.74, 6) is 0.934. The van der Waals surface area contributed by atoms with Gasteiger partial charge in [-0.25, -0.2) is 4.68 Å². The molecule has 0 radical (unpaired) electrons. The molecule has 1 saturated heterocycles. The maximum Gasteiger partial charge on any atom is 0.410 e. The number of amides is 1. The van der Waals surface area contributed by atoms with Crippen molar-refractivity contribution in [3.05, 3.63) is 29.8 Å². The molecule has 3 atom stereocenters. The van der Waals surface area contributed by atoms with Crippen LogP contribution in [0.4, 0.5) is 19.0 Å². The molecule has 1 fully saturated rings. The molecule has 28 heavy (non-hydrogen) atoms. The van der Waals surface area contributed by atoms with Crippen LogP contribution in [0.15, 0.2) is 22.9 Å². The van der Waals surface area contributed by atoms with Gasteiger partial charge >= 0.3 is 6.18 Å². The highest BCUT2D eigenvalue weighted by Crippen LogP contribution is 2.41. The lowest BCUT2D eigenvalue weighted by Gasteiger charge is -2.31. The van der Waals surface area contributed by atoms with Gasteiger partial charge in [-0.2, -0.15) is 18.3 Å². The minimum absolute atomic E-state index is 0.0569. The highest BCUT2D eigenvalue weighted by atomic mass is 19.4. The van der Waals surface area contributed by atoms with Crippen molar-refractivity contribution in [2.24, 2.45) is 0 Å². The Balaban J connectivity index is 1.53. The number of hydrogen-bond acceptors (Lipinski definition) is 5. The van der Waals surface area contributed by atoms with Crippen molar-refractivity contribution in [1.29, 1.82) is 0 Å². The van der Waals surface area contributed by atoms with Gasteiger partial charge in [-0.05, 0) is 26.2 Å². The van der Waals surface area contributed by atoms with Gasteiger partial charge < -0.3 is 14.7 Å². The van der Waals surface area contributed by atoms with E-state index in [9.17, 15) is 18.0 Å². The molecule has 0 bridgehead atoms. The number of hydrogen-bond donors (Lipinski definition) is 1. The predicted molar refractivity (Wildman–Crippen MR) is 93.5 cm³/mol. The first-order chi connectivity index (χ1) is 13.3. The van der Waals surface area contributed by atoms with Crippen LogP contribution in [-0.4, -0.2) is 44.5 Å². The van der Waals surface area contributed by atoms with E-state index < -0.39 is 12.2 Å². The highest BCUT2D eigenvalue weighted by molar-refractivity contribution is 5.77. The van der Waals surface area contributed by atoms with Crippen LogP contribution < -0.4 is 5.32 Å². The standard InChI is InChI=1S/C18H22F3N5O2/c1-11-9-15(18(19,20)21)26-16(23-11)10-13(24-26)14-3-2-8-25(14)17(27)5-4-12-6-7-22-28-12/h6-7,10-11,14-15,23H,2-5,8-9H2,1H3/t11-,14+,15-/m1/s1. The molecule has 4 heterocycles. The Morgan fingerprint density at radius 3 is 2.96 bits per heavy atom. The van der Waals surface area contributed by atoms with E-state index in [0.29, 0.717) is 36.7 Å². The topological polar surface area (TPSA) is 76.2 Å². The number of rotatable bonds is 4. The predicted octanol–water partition coefficient (Wildman–Crippen LogP) is 3.47. The molecular formula is C18H22F3N5O2. The summed E-state index contributed by atoms with van der Waals surface area (Å²) in [5, 5.41) is 11.0. The first-order valence-electron chi connectivity index (χ1n) is 9.44. The molecule has 1 amide bonds. The third-order valence-electron chi connectivity index (χ3n) is 5.39. The summed E-state index contributed by atoms with van der Waals surface area (Å²) in [6, 6.07) is 1.12. The number of anilines is 1. The van der Waals surface area contributed by atoms with Crippen LogP contribution in [0.25, 0.3) is 0 Å². The van der Waals surface area contributed by atoms with E-state index in [1.54, 1.807) is 24.0 Å². The number of nitrogens with zero attached hydrogens (tertiary/aromatic N) is 4. The fourth-order valence-corrected chi connectivity index (χ4v) is 4.06. The molecular weight excluding hydrogens is 375 g/mol. The zero-order valence-corrected chi connectivity index (χ0v) is 15.4. The van der Waals surface area contributed by atoms with Crippen LogP contribution in [-0.2, 0) is 11.2 Å². The summed E-state index contributed by atoms with van der Waals surface area (Å²) < 4.78 is 46.4. The van der Waals surface area contributed by atoms with Crippen molar-refractivity contribution in [3.63, 3.8) is 0 Å². The number of carbonyl (C=O) groups is 1. The first kappa shape index (κ1) is 18.8. The number of halogens is 3. The molecule has 2 aliphatic rings. The summed E-state index contributed by atoms with van der Waals surface area (Å²) in [6.45, 7) is 2.30. The number of aromatic nitrogens is 3. The van der Waals surface area contributed by atoms with Gasteiger partial charge in [-0.15, -0.1) is 0 Å². The summed E-state index contributed by atoms with van der Waals surface area (Å²) >= 11 is 0. The third-order valence-corrected chi connectivity index (χ3v) is 5.39. The van der Waals surface area contributed by atoms with E-state index in [-0.39, 0.29) is 30.8 Å². The van der Waals surface area contributed by atoms with Crippen LogP contribution >= 0.6 is 0 Å². The zero-order chi connectivity index (χ0) is 19.9. The average molecular weight is 397 g/mol. The van der Waals surface area contributed by atoms with Crippen LogP contribution in [0.5, 0.6) is 0 Å². The van der Waals surface area contributed by atoms with Crippen LogP contribution in [0.1, 0.15) is 56.1 Å². The number of aryl methyl sites for hydroxylation is 1. The fraction of sp³-hybridized carbons (Fsp3) is 0.611. The Hall–Kier alpha value is -2.52. The minimum Gasteiger partial charge on any atom is -0.368 e.